The normalized spacial score (nSPS) is 10.8. The summed E-state index contributed by atoms with van der Waals surface area (Å²) in [5, 5.41) is 3.48. The lowest BCUT2D eigenvalue weighted by atomic mass is 10.1. The Kier molecular flexibility index (Phi) is 6.92. The summed E-state index contributed by atoms with van der Waals surface area (Å²) in [7, 11) is 0. The molecule has 184 valence electrons. The molecular formula is C30H22ClNO5. The number of benzene rings is 4. The van der Waals surface area contributed by atoms with Crippen LogP contribution in [0.3, 0.4) is 0 Å². The first-order valence-electron chi connectivity index (χ1n) is 11.6. The molecule has 7 heteroatoms. The molecule has 0 aliphatic heterocycles. The number of carbonyl (C=O) groups excluding carboxylic acids is 1. The minimum Gasteiger partial charge on any atom is -0.476 e. The number of hydrogen-bond donors (Lipinski definition) is 1. The number of fused-ring (bicyclic) bond motifs is 1. The van der Waals surface area contributed by atoms with E-state index in [-0.39, 0.29) is 16.9 Å². The van der Waals surface area contributed by atoms with E-state index in [4.69, 9.17) is 25.5 Å². The van der Waals surface area contributed by atoms with Crippen molar-refractivity contribution in [1.82, 2.24) is 0 Å². The second-order valence-corrected chi connectivity index (χ2v) is 8.74. The summed E-state index contributed by atoms with van der Waals surface area (Å²) >= 11 is 6.25. The second kappa shape index (κ2) is 10.6. The fourth-order valence-electron chi connectivity index (χ4n) is 3.78. The SMILES string of the molecule is Cc1cc2oc(-c3ccccc3)c(OCC(=O)Nc3ccc(Oc4ccccc4)cc3)c(=O)c2cc1Cl. The number of amides is 1. The van der Waals surface area contributed by atoms with Gasteiger partial charge in [0.15, 0.2) is 12.4 Å². The molecule has 1 heterocycles. The van der Waals surface area contributed by atoms with Crippen LogP contribution in [0.4, 0.5) is 5.69 Å². The van der Waals surface area contributed by atoms with Gasteiger partial charge in [-0.15, -0.1) is 0 Å². The highest BCUT2D eigenvalue weighted by Crippen LogP contribution is 2.32. The Balaban J connectivity index is 1.35. The molecule has 0 unspecified atom stereocenters. The van der Waals surface area contributed by atoms with E-state index in [9.17, 15) is 9.59 Å². The van der Waals surface area contributed by atoms with Crippen LogP contribution in [0.15, 0.2) is 106 Å². The predicted octanol–water partition coefficient (Wildman–Crippen LogP) is 7.23. The Bertz CT molecular complexity index is 1610. The molecule has 1 N–H and O–H groups in total. The smallest absolute Gasteiger partial charge is 0.262 e. The molecule has 0 radical (unpaired) electrons. The fourth-order valence-corrected chi connectivity index (χ4v) is 3.94. The van der Waals surface area contributed by atoms with Crippen LogP contribution in [0.25, 0.3) is 22.3 Å². The molecule has 0 bridgehead atoms. The maximum absolute atomic E-state index is 13.4. The van der Waals surface area contributed by atoms with Crippen LogP contribution in [-0.4, -0.2) is 12.5 Å². The second-order valence-electron chi connectivity index (χ2n) is 8.33. The van der Waals surface area contributed by atoms with E-state index >= 15 is 0 Å². The maximum Gasteiger partial charge on any atom is 0.262 e. The van der Waals surface area contributed by atoms with Crippen molar-refractivity contribution in [3.8, 4) is 28.6 Å². The highest BCUT2D eigenvalue weighted by Gasteiger charge is 2.20. The largest absolute Gasteiger partial charge is 0.476 e. The summed E-state index contributed by atoms with van der Waals surface area (Å²) in [6, 6.07) is 28.7. The third-order valence-corrected chi connectivity index (χ3v) is 6.04. The molecule has 6 nitrogen and oxygen atoms in total. The van der Waals surface area contributed by atoms with E-state index in [1.807, 2.05) is 55.5 Å². The Hall–Kier alpha value is -4.55. The predicted molar refractivity (Wildman–Crippen MR) is 145 cm³/mol. The van der Waals surface area contributed by atoms with Gasteiger partial charge in [-0.05, 0) is 61.0 Å². The Morgan fingerprint density at radius 3 is 2.24 bits per heavy atom. The summed E-state index contributed by atoms with van der Waals surface area (Å²) < 4.78 is 17.6. The fraction of sp³-hybridized carbons (Fsp3) is 0.0667. The monoisotopic (exact) mass is 511 g/mol. The Labute approximate surface area is 218 Å². The van der Waals surface area contributed by atoms with Crippen LogP contribution < -0.4 is 20.2 Å². The van der Waals surface area contributed by atoms with E-state index in [1.54, 1.807) is 48.5 Å². The number of para-hydroxylation sites is 1. The van der Waals surface area contributed by atoms with E-state index in [0.29, 0.717) is 33.4 Å². The lowest BCUT2D eigenvalue weighted by molar-refractivity contribution is -0.118. The number of ether oxygens (including phenoxy) is 2. The number of halogens is 1. The molecule has 1 aromatic heterocycles. The summed E-state index contributed by atoms with van der Waals surface area (Å²) in [4.78, 5) is 26.0. The number of hydrogen-bond acceptors (Lipinski definition) is 5. The first-order chi connectivity index (χ1) is 18.0. The standard InChI is InChI=1S/C30H22ClNO5/c1-19-16-26-24(17-25(19)31)28(34)30(29(37-26)20-8-4-2-5-9-20)35-18-27(33)32-21-12-14-23(15-13-21)36-22-10-6-3-7-11-22/h2-17H,18H2,1H3,(H,32,33). The van der Waals surface area contributed by atoms with Crippen molar-refractivity contribution in [2.75, 3.05) is 11.9 Å². The number of carbonyl (C=O) groups is 1. The molecule has 0 saturated carbocycles. The van der Waals surface area contributed by atoms with Gasteiger partial charge in [0.05, 0.1) is 5.39 Å². The molecule has 0 aliphatic carbocycles. The van der Waals surface area contributed by atoms with Gasteiger partial charge in [0.2, 0.25) is 11.2 Å². The zero-order chi connectivity index (χ0) is 25.8. The number of anilines is 1. The topological polar surface area (TPSA) is 77.8 Å². The molecule has 37 heavy (non-hydrogen) atoms. The summed E-state index contributed by atoms with van der Waals surface area (Å²) in [5.41, 5.74) is 1.98. The van der Waals surface area contributed by atoms with Crippen molar-refractivity contribution in [3.05, 3.63) is 118 Å². The quantitative estimate of drug-likeness (QED) is 0.249. The van der Waals surface area contributed by atoms with Crippen LogP contribution in [0, 0.1) is 6.92 Å². The van der Waals surface area contributed by atoms with Gasteiger partial charge in [-0.3, -0.25) is 9.59 Å². The van der Waals surface area contributed by atoms with E-state index < -0.39 is 17.9 Å². The molecule has 0 atom stereocenters. The lowest BCUT2D eigenvalue weighted by Gasteiger charge is -2.13. The lowest BCUT2D eigenvalue weighted by Crippen LogP contribution is -2.22. The zero-order valence-electron chi connectivity index (χ0n) is 19.9. The highest BCUT2D eigenvalue weighted by atomic mass is 35.5. The molecule has 0 fully saturated rings. The third-order valence-electron chi connectivity index (χ3n) is 5.63. The average molecular weight is 512 g/mol. The van der Waals surface area contributed by atoms with E-state index in [2.05, 4.69) is 5.32 Å². The number of rotatable bonds is 7. The van der Waals surface area contributed by atoms with Crippen molar-refractivity contribution in [2.24, 2.45) is 0 Å². The van der Waals surface area contributed by atoms with E-state index in [0.717, 1.165) is 5.56 Å². The van der Waals surface area contributed by atoms with Gasteiger partial charge in [-0.2, -0.15) is 0 Å². The molecular weight excluding hydrogens is 490 g/mol. The van der Waals surface area contributed by atoms with Gasteiger partial charge in [-0.25, -0.2) is 0 Å². The van der Waals surface area contributed by atoms with Gasteiger partial charge < -0.3 is 19.2 Å². The molecule has 0 aliphatic rings. The van der Waals surface area contributed by atoms with Crippen molar-refractivity contribution >= 4 is 34.2 Å². The molecule has 1 amide bonds. The van der Waals surface area contributed by atoms with Crippen LogP contribution in [0.5, 0.6) is 17.2 Å². The Morgan fingerprint density at radius 2 is 1.54 bits per heavy atom. The number of nitrogens with one attached hydrogen (secondary N) is 1. The van der Waals surface area contributed by atoms with Gasteiger partial charge in [-0.1, -0.05) is 60.1 Å². The highest BCUT2D eigenvalue weighted by molar-refractivity contribution is 6.32. The Morgan fingerprint density at radius 1 is 0.892 bits per heavy atom. The van der Waals surface area contributed by atoms with Gasteiger partial charge in [0.25, 0.3) is 5.91 Å². The summed E-state index contributed by atoms with van der Waals surface area (Å²) in [6.45, 7) is 1.44. The van der Waals surface area contributed by atoms with Crippen LogP contribution in [-0.2, 0) is 4.79 Å². The van der Waals surface area contributed by atoms with E-state index in [1.165, 1.54) is 0 Å². The van der Waals surface area contributed by atoms with Gasteiger partial charge in [0.1, 0.15) is 17.1 Å². The first-order valence-corrected chi connectivity index (χ1v) is 11.9. The molecule has 5 rings (SSSR count). The van der Waals surface area contributed by atoms with Crippen LogP contribution in [0.2, 0.25) is 5.02 Å². The van der Waals surface area contributed by atoms with Crippen molar-refractivity contribution in [2.45, 2.75) is 6.92 Å². The van der Waals surface area contributed by atoms with Crippen LogP contribution in [0.1, 0.15) is 5.56 Å². The minimum absolute atomic E-state index is 0.0552. The van der Waals surface area contributed by atoms with Crippen molar-refractivity contribution in [1.29, 1.82) is 0 Å². The van der Waals surface area contributed by atoms with Crippen LogP contribution >= 0.6 is 11.6 Å². The third kappa shape index (κ3) is 5.50. The van der Waals surface area contributed by atoms with Gasteiger partial charge in [0, 0.05) is 16.3 Å². The molecule has 4 aromatic carbocycles. The average Bonchev–Trinajstić information content (AvgIpc) is 2.91. The maximum atomic E-state index is 13.4. The zero-order valence-corrected chi connectivity index (χ0v) is 20.6. The van der Waals surface area contributed by atoms with Crippen molar-refractivity contribution in [3.63, 3.8) is 0 Å². The molecule has 0 spiro atoms. The number of aryl methyl sites for hydroxylation is 1. The summed E-state index contributed by atoms with van der Waals surface area (Å²) in [6.07, 6.45) is 0. The van der Waals surface area contributed by atoms with Gasteiger partial charge >= 0.3 is 0 Å². The molecule has 5 aromatic rings. The summed E-state index contributed by atoms with van der Waals surface area (Å²) in [5.74, 6) is 1.11. The minimum atomic E-state index is -0.433. The first kappa shape index (κ1) is 24.2. The van der Waals surface area contributed by atoms with Crippen molar-refractivity contribution < 1.29 is 18.7 Å². The molecule has 0 saturated heterocycles.